The van der Waals surface area contributed by atoms with Crippen molar-refractivity contribution in [3.63, 3.8) is 0 Å². The van der Waals surface area contributed by atoms with Gasteiger partial charge in [0.25, 0.3) is 0 Å². The number of aromatic nitrogens is 1. The van der Waals surface area contributed by atoms with Crippen LogP contribution in [0, 0.1) is 0 Å². The van der Waals surface area contributed by atoms with Gasteiger partial charge in [0.15, 0.2) is 0 Å². The number of carbonyl (C=O) groups is 1. The summed E-state index contributed by atoms with van der Waals surface area (Å²) in [7, 11) is -2.30. The molecule has 0 unspecified atom stereocenters. The normalized spacial score (nSPS) is 15.7. The van der Waals surface area contributed by atoms with E-state index >= 15 is 0 Å². The molecular formula is C13H20N4O3S. The Labute approximate surface area is 124 Å². The van der Waals surface area contributed by atoms with E-state index in [1.54, 1.807) is 11.0 Å². The molecule has 0 bridgehead atoms. The molecule has 1 aromatic heterocycles. The molecule has 1 aromatic rings. The predicted octanol–water partition coefficient (Wildman–Crippen LogP) is -0.217. The first-order valence-corrected chi connectivity index (χ1v) is 8.28. The third-order valence-corrected chi connectivity index (χ3v) is 5.32. The minimum absolute atomic E-state index is 0.0661. The zero-order chi connectivity index (χ0) is 15.5. The van der Waals surface area contributed by atoms with E-state index in [9.17, 15) is 13.2 Å². The van der Waals surface area contributed by atoms with E-state index in [4.69, 9.17) is 5.73 Å². The molecule has 0 saturated carbocycles. The van der Waals surface area contributed by atoms with Crippen molar-refractivity contribution in [2.24, 2.45) is 5.73 Å². The molecule has 116 valence electrons. The van der Waals surface area contributed by atoms with Crippen LogP contribution < -0.4 is 5.73 Å². The van der Waals surface area contributed by atoms with E-state index < -0.39 is 10.0 Å². The van der Waals surface area contributed by atoms with Gasteiger partial charge in [-0.2, -0.15) is 4.31 Å². The summed E-state index contributed by atoms with van der Waals surface area (Å²) in [6.07, 6.45) is 3.23. The summed E-state index contributed by atoms with van der Waals surface area (Å²) in [5.74, 6) is -0.162. The number of likely N-dealkylation sites (N-methyl/N-ethyl adjacent to an activating group) is 1. The highest BCUT2D eigenvalue weighted by Gasteiger charge is 2.26. The predicted molar refractivity (Wildman–Crippen MR) is 77.8 cm³/mol. The Hall–Kier alpha value is -1.51. The third-order valence-electron chi connectivity index (χ3n) is 3.53. The number of amides is 1. The van der Waals surface area contributed by atoms with Crippen molar-refractivity contribution in [2.45, 2.75) is 24.3 Å². The van der Waals surface area contributed by atoms with Crippen molar-refractivity contribution in [1.82, 2.24) is 14.2 Å². The van der Waals surface area contributed by atoms with Crippen LogP contribution in [0.4, 0.5) is 0 Å². The zero-order valence-electron chi connectivity index (χ0n) is 12.0. The second-order valence-electron chi connectivity index (χ2n) is 5.04. The van der Waals surface area contributed by atoms with Gasteiger partial charge in [0.05, 0.1) is 12.2 Å². The fraction of sp³-hybridized carbons (Fsp3) is 0.538. The van der Waals surface area contributed by atoms with Gasteiger partial charge in [0, 0.05) is 32.9 Å². The van der Waals surface area contributed by atoms with E-state index in [0.717, 1.165) is 17.1 Å². The number of nitrogens with zero attached hydrogens (tertiary/aromatic N) is 3. The van der Waals surface area contributed by atoms with Crippen LogP contribution >= 0.6 is 0 Å². The van der Waals surface area contributed by atoms with E-state index in [-0.39, 0.29) is 23.9 Å². The molecule has 2 rings (SSSR count). The van der Waals surface area contributed by atoms with Crippen molar-refractivity contribution in [3.8, 4) is 0 Å². The number of sulfonamides is 1. The van der Waals surface area contributed by atoms with E-state index in [1.807, 2.05) is 0 Å². The fourth-order valence-corrected chi connectivity index (χ4v) is 3.27. The number of hydrogen-bond donors (Lipinski definition) is 1. The molecule has 0 radical (unpaired) electrons. The molecule has 1 amide bonds. The summed E-state index contributed by atoms with van der Waals surface area (Å²) in [6.45, 7) is 1.52. The molecule has 0 aliphatic carbocycles. The van der Waals surface area contributed by atoms with Crippen LogP contribution in [0.5, 0.6) is 0 Å². The summed E-state index contributed by atoms with van der Waals surface area (Å²) in [6, 6.07) is 3.03. The topological polar surface area (TPSA) is 96.6 Å². The maximum Gasteiger partial charge on any atom is 0.244 e. The molecule has 0 atom stereocenters. The van der Waals surface area contributed by atoms with Gasteiger partial charge in [-0.25, -0.2) is 8.42 Å². The highest BCUT2D eigenvalue weighted by molar-refractivity contribution is 7.89. The van der Waals surface area contributed by atoms with Crippen molar-refractivity contribution in [3.05, 3.63) is 24.0 Å². The number of hydrogen-bond acceptors (Lipinski definition) is 5. The maximum atomic E-state index is 12.4. The van der Waals surface area contributed by atoms with Crippen LogP contribution in [-0.4, -0.2) is 55.2 Å². The van der Waals surface area contributed by atoms with Crippen molar-refractivity contribution < 1.29 is 13.2 Å². The molecule has 0 spiro atoms. The molecule has 1 fully saturated rings. The third kappa shape index (κ3) is 3.58. The lowest BCUT2D eigenvalue weighted by Crippen LogP contribution is -2.39. The molecule has 1 aliphatic heterocycles. The zero-order valence-corrected chi connectivity index (χ0v) is 12.8. The summed E-state index contributed by atoms with van der Waals surface area (Å²) in [5, 5.41) is 0. The molecular weight excluding hydrogens is 292 g/mol. The number of carbonyl (C=O) groups excluding carboxylic acids is 1. The number of pyridine rings is 1. The lowest BCUT2D eigenvalue weighted by atomic mass is 10.4. The molecule has 1 saturated heterocycles. The van der Waals surface area contributed by atoms with Gasteiger partial charge in [-0.1, -0.05) is 0 Å². The fourth-order valence-electron chi connectivity index (χ4n) is 2.21. The Kier molecular flexibility index (Phi) is 4.92. The molecule has 1 aliphatic rings. The summed E-state index contributed by atoms with van der Waals surface area (Å²) < 4.78 is 25.8. The lowest BCUT2D eigenvalue weighted by molar-refractivity contribution is -0.130. The van der Waals surface area contributed by atoms with Crippen LogP contribution in [0.1, 0.15) is 18.5 Å². The van der Waals surface area contributed by atoms with Crippen molar-refractivity contribution in [1.29, 1.82) is 0 Å². The van der Waals surface area contributed by atoms with Gasteiger partial charge in [-0.3, -0.25) is 9.78 Å². The number of rotatable bonds is 5. The van der Waals surface area contributed by atoms with E-state index in [0.29, 0.717) is 18.8 Å². The quantitative estimate of drug-likeness (QED) is 0.811. The Balaban J connectivity index is 2.08. The lowest BCUT2D eigenvalue weighted by Gasteiger charge is -2.21. The van der Waals surface area contributed by atoms with Crippen LogP contribution in [0.2, 0.25) is 0 Å². The van der Waals surface area contributed by atoms with Gasteiger partial charge >= 0.3 is 0 Å². The van der Waals surface area contributed by atoms with Gasteiger partial charge in [-0.05, 0) is 25.0 Å². The van der Waals surface area contributed by atoms with E-state index in [1.165, 1.54) is 19.3 Å². The molecule has 7 nitrogen and oxygen atoms in total. The average molecular weight is 312 g/mol. The molecule has 0 aromatic carbocycles. The maximum absolute atomic E-state index is 12.4. The molecule has 2 N–H and O–H groups in total. The molecule has 2 heterocycles. The first-order valence-electron chi connectivity index (χ1n) is 6.84. The second-order valence-corrected chi connectivity index (χ2v) is 7.08. The Morgan fingerprint density at radius 1 is 1.38 bits per heavy atom. The molecule has 21 heavy (non-hydrogen) atoms. The van der Waals surface area contributed by atoms with Crippen LogP contribution in [0.3, 0.4) is 0 Å². The van der Waals surface area contributed by atoms with Gasteiger partial charge in [0.1, 0.15) is 4.90 Å². The second kappa shape index (κ2) is 6.50. The first kappa shape index (κ1) is 15.9. The Morgan fingerprint density at radius 3 is 2.57 bits per heavy atom. The van der Waals surface area contributed by atoms with Crippen LogP contribution in [0.25, 0.3) is 0 Å². The molecule has 8 heteroatoms. The minimum atomic E-state index is -3.71. The first-order chi connectivity index (χ1) is 9.95. The van der Waals surface area contributed by atoms with Crippen molar-refractivity contribution in [2.75, 3.05) is 26.7 Å². The van der Waals surface area contributed by atoms with Crippen LogP contribution in [0.15, 0.2) is 23.2 Å². The number of likely N-dealkylation sites (tertiary alicyclic amines) is 1. The summed E-state index contributed by atoms with van der Waals surface area (Å²) in [4.78, 5) is 17.8. The smallest absolute Gasteiger partial charge is 0.244 e. The Bertz CT molecular complexity index is 594. The highest BCUT2D eigenvalue weighted by Crippen LogP contribution is 2.15. The average Bonchev–Trinajstić information content (AvgIpc) is 3.01. The van der Waals surface area contributed by atoms with Crippen LogP contribution in [-0.2, 0) is 21.4 Å². The van der Waals surface area contributed by atoms with Gasteiger partial charge < -0.3 is 10.6 Å². The minimum Gasteiger partial charge on any atom is -0.342 e. The summed E-state index contributed by atoms with van der Waals surface area (Å²) >= 11 is 0. The SMILES string of the molecule is CN(CC(=O)N1CCCC1)S(=O)(=O)c1ccc(CN)nc1. The largest absolute Gasteiger partial charge is 0.342 e. The van der Waals surface area contributed by atoms with E-state index in [2.05, 4.69) is 4.98 Å². The standard InChI is InChI=1S/C13H20N4O3S/c1-16(10-13(18)17-6-2-3-7-17)21(19,20)12-5-4-11(8-14)15-9-12/h4-5,9H,2-3,6-8,10,14H2,1H3. The van der Waals surface area contributed by atoms with Crippen molar-refractivity contribution >= 4 is 15.9 Å². The monoisotopic (exact) mass is 312 g/mol. The van der Waals surface area contributed by atoms with Gasteiger partial charge in [0.2, 0.25) is 15.9 Å². The number of nitrogens with two attached hydrogens (primary N) is 1. The Morgan fingerprint density at radius 2 is 2.05 bits per heavy atom. The highest BCUT2D eigenvalue weighted by atomic mass is 32.2. The summed E-state index contributed by atoms with van der Waals surface area (Å²) in [5.41, 5.74) is 6.05. The van der Waals surface area contributed by atoms with Gasteiger partial charge in [-0.15, -0.1) is 0 Å².